The van der Waals surface area contributed by atoms with Crippen LogP contribution in [-0.4, -0.2) is 26.4 Å². The van der Waals surface area contributed by atoms with Crippen molar-refractivity contribution in [3.63, 3.8) is 0 Å². The molecule has 0 saturated heterocycles. The Labute approximate surface area is 133 Å². The van der Waals surface area contributed by atoms with Crippen LogP contribution in [0, 0.1) is 6.92 Å². The summed E-state index contributed by atoms with van der Waals surface area (Å²) in [7, 11) is 1.86. The van der Waals surface area contributed by atoms with Crippen LogP contribution in [0.15, 0.2) is 35.2 Å². The van der Waals surface area contributed by atoms with Crippen molar-refractivity contribution >= 4 is 21.8 Å². The average Bonchev–Trinajstić information content (AvgIpc) is 2.85. The molecule has 1 amide bonds. The number of nitrogens with zero attached hydrogens (tertiary/aromatic N) is 3. The van der Waals surface area contributed by atoms with Gasteiger partial charge < -0.3 is 9.47 Å². The van der Waals surface area contributed by atoms with Gasteiger partial charge in [-0.05, 0) is 38.0 Å². The summed E-state index contributed by atoms with van der Waals surface area (Å²) in [6.07, 6.45) is 3.40. The van der Waals surface area contributed by atoms with Gasteiger partial charge in [0.2, 0.25) is 0 Å². The van der Waals surface area contributed by atoms with Gasteiger partial charge in [-0.1, -0.05) is 28.1 Å². The van der Waals surface area contributed by atoms with E-state index in [4.69, 9.17) is 0 Å². The molecule has 5 heteroatoms. The van der Waals surface area contributed by atoms with Crippen molar-refractivity contribution < 1.29 is 4.79 Å². The second kappa shape index (κ2) is 6.43. The molecule has 0 aliphatic carbocycles. The number of carbonyl (C=O) groups is 1. The van der Waals surface area contributed by atoms with Gasteiger partial charge in [-0.15, -0.1) is 0 Å². The van der Waals surface area contributed by atoms with Gasteiger partial charge in [-0.2, -0.15) is 0 Å². The normalized spacial score (nSPS) is 11.0. The fourth-order valence-corrected chi connectivity index (χ4v) is 2.52. The zero-order valence-electron chi connectivity index (χ0n) is 12.8. The predicted octanol–water partition coefficient (Wildman–Crippen LogP) is 3.54. The first kappa shape index (κ1) is 15.8. The van der Waals surface area contributed by atoms with Crippen molar-refractivity contribution in [3.05, 3.63) is 52.0 Å². The molecule has 1 aromatic heterocycles. The summed E-state index contributed by atoms with van der Waals surface area (Å²) in [6.45, 7) is 6.66. The van der Waals surface area contributed by atoms with Crippen LogP contribution >= 0.6 is 15.9 Å². The van der Waals surface area contributed by atoms with E-state index >= 15 is 0 Å². The quantitative estimate of drug-likeness (QED) is 0.846. The minimum absolute atomic E-state index is 0.0395. The summed E-state index contributed by atoms with van der Waals surface area (Å²) in [4.78, 5) is 18.6. The largest absolute Gasteiger partial charge is 0.340 e. The number of halogens is 1. The Balaban J connectivity index is 2.23. The lowest BCUT2D eigenvalue weighted by atomic mass is 10.1. The van der Waals surface area contributed by atoms with Crippen molar-refractivity contribution in [2.24, 2.45) is 7.05 Å². The number of hydrogen-bond donors (Lipinski definition) is 0. The van der Waals surface area contributed by atoms with Crippen molar-refractivity contribution in [1.29, 1.82) is 0 Å². The molecule has 0 spiro atoms. The molecule has 0 aliphatic rings. The number of amides is 1. The number of rotatable bonds is 4. The van der Waals surface area contributed by atoms with Crippen LogP contribution < -0.4 is 0 Å². The Kier molecular flexibility index (Phi) is 4.83. The third-order valence-electron chi connectivity index (χ3n) is 3.40. The van der Waals surface area contributed by atoms with Gasteiger partial charge in [0.25, 0.3) is 5.91 Å². The van der Waals surface area contributed by atoms with E-state index in [1.165, 1.54) is 5.56 Å². The van der Waals surface area contributed by atoms with E-state index in [0.29, 0.717) is 12.2 Å². The molecule has 0 bridgehead atoms. The first-order chi connectivity index (χ1) is 9.88. The molecule has 1 heterocycles. The molecule has 1 aromatic carbocycles. The Morgan fingerprint density at radius 2 is 2.14 bits per heavy atom. The zero-order valence-corrected chi connectivity index (χ0v) is 14.4. The lowest BCUT2D eigenvalue weighted by molar-refractivity contribution is 0.0684. The molecule has 21 heavy (non-hydrogen) atoms. The highest BCUT2D eigenvalue weighted by atomic mass is 79.9. The van der Waals surface area contributed by atoms with E-state index < -0.39 is 0 Å². The highest BCUT2D eigenvalue weighted by molar-refractivity contribution is 9.10. The number of benzene rings is 1. The second-order valence-corrected chi connectivity index (χ2v) is 6.39. The molecule has 0 fully saturated rings. The summed E-state index contributed by atoms with van der Waals surface area (Å²) < 4.78 is 2.85. The molecule has 2 rings (SSSR count). The van der Waals surface area contributed by atoms with Crippen LogP contribution in [0.3, 0.4) is 0 Å². The molecule has 0 atom stereocenters. The van der Waals surface area contributed by atoms with Crippen molar-refractivity contribution in [3.8, 4) is 0 Å². The third kappa shape index (κ3) is 3.73. The highest BCUT2D eigenvalue weighted by Crippen LogP contribution is 2.20. The summed E-state index contributed by atoms with van der Waals surface area (Å²) in [5.74, 6) is -0.0395. The number of hydrogen-bond acceptors (Lipinski definition) is 2. The number of carbonyl (C=O) groups excluding carboxylic acids is 1. The van der Waals surface area contributed by atoms with E-state index in [9.17, 15) is 4.79 Å². The van der Waals surface area contributed by atoms with Gasteiger partial charge >= 0.3 is 0 Å². The fourth-order valence-electron chi connectivity index (χ4n) is 2.09. The minimum Gasteiger partial charge on any atom is -0.340 e. The monoisotopic (exact) mass is 349 g/mol. The Hall–Kier alpha value is -1.62. The van der Waals surface area contributed by atoms with Gasteiger partial charge in [-0.3, -0.25) is 4.79 Å². The molecule has 4 nitrogen and oxygen atoms in total. The highest BCUT2D eigenvalue weighted by Gasteiger charge is 2.21. The van der Waals surface area contributed by atoms with E-state index in [2.05, 4.69) is 39.1 Å². The van der Waals surface area contributed by atoms with Gasteiger partial charge in [0.05, 0.1) is 6.33 Å². The van der Waals surface area contributed by atoms with E-state index in [1.807, 2.05) is 32.7 Å². The third-order valence-corrected chi connectivity index (χ3v) is 4.25. The maximum absolute atomic E-state index is 12.6. The van der Waals surface area contributed by atoms with Gasteiger partial charge in [0.1, 0.15) is 5.69 Å². The molecule has 0 saturated carbocycles. The van der Waals surface area contributed by atoms with Crippen LogP contribution in [0.5, 0.6) is 0 Å². The Bertz CT molecular complexity index is 649. The summed E-state index contributed by atoms with van der Waals surface area (Å²) in [5, 5.41) is 0. The van der Waals surface area contributed by atoms with Crippen molar-refractivity contribution in [2.45, 2.75) is 33.4 Å². The van der Waals surface area contributed by atoms with E-state index in [1.54, 1.807) is 17.1 Å². The summed E-state index contributed by atoms with van der Waals surface area (Å²) in [5.41, 5.74) is 2.77. The molecule has 2 aromatic rings. The number of aromatic nitrogens is 2. The summed E-state index contributed by atoms with van der Waals surface area (Å²) in [6, 6.07) is 6.29. The SMILES string of the molecule is Cc1ccc(CN(C(=O)c2cn(C)cn2)C(C)C)cc1Br. The van der Waals surface area contributed by atoms with E-state index in [0.717, 1.165) is 10.0 Å². The van der Waals surface area contributed by atoms with Gasteiger partial charge in [0, 0.05) is 30.3 Å². The fraction of sp³-hybridized carbons (Fsp3) is 0.375. The molecule has 0 unspecified atom stereocenters. The molecule has 0 radical (unpaired) electrons. The molecule has 0 N–H and O–H groups in total. The topological polar surface area (TPSA) is 38.1 Å². The smallest absolute Gasteiger partial charge is 0.274 e. The summed E-state index contributed by atoms with van der Waals surface area (Å²) >= 11 is 3.54. The van der Waals surface area contributed by atoms with Crippen LogP contribution in [-0.2, 0) is 13.6 Å². The standard InChI is InChI=1S/C16H20BrN3O/c1-11(2)20(16(21)15-9-19(4)10-18-15)8-13-6-5-12(3)14(17)7-13/h5-7,9-11H,8H2,1-4H3. The van der Waals surface area contributed by atoms with Crippen LogP contribution in [0.25, 0.3) is 0 Å². The zero-order chi connectivity index (χ0) is 15.6. The lowest BCUT2D eigenvalue weighted by Crippen LogP contribution is -2.36. The first-order valence-corrected chi connectivity index (χ1v) is 7.71. The van der Waals surface area contributed by atoms with Gasteiger partial charge in [-0.25, -0.2) is 4.98 Å². The molecule has 0 aliphatic heterocycles. The van der Waals surface area contributed by atoms with Crippen LogP contribution in [0.1, 0.15) is 35.5 Å². The maximum Gasteiger partial charge on any atom is 0.274 e. The van der Waals surface area contributed by atoms with Gasteiger partial charge in [0.15, 0.2) is 0 Å². The average molecular weight is 350 g/mol. The Morgan fingerprint density at radius 3 is 2.67 bits per heavy atom. The van der Waals surface area contributed by atoms with Crippen LogP contribution in [0.4, 0.5) is 0 Å². The molecular formula is C16H20BrN3O. The minimum atomic E-state index is -0.0395. The van der Waals surface area contributed by atoms with Crippen molar-refractivity contribution in [1.82, 2.24) is 14.5 Å². The van der Waals surface area contributed by atoms with Crippen molar-refractivity contribution in [2.75, 3.05) is 0 Å². The molecule has 112 valence electrons. The Morgan fingerprint density at radius 1 is 1.43 bits per heavy atom. The van der Waals surface area contributed by atoms with Crippen LogP contribution in [0.2, 0.25) is 0 Å². The van der Waals surface area contributed by atoms with E-state index in [-0.39, 0.29) is 11.9 Å². The second-order valence-electron chi connectivity index (χ2n) is 5.53. The predicted molar refractivity (Wildman–Crippen MR) is 87.1 cm³/mol. The number of imidazole rings is 1. The lowest BCUT2D eigenvalue weighted by Gasteiger charge is -2.26. The molecular weight excluding hydrogens is 330 g/mol. The number of aryl methyl sites for hydroxylation is 2. The maximum atomic E-state index is 12.6. The first-order valence-electron chi connectivity index (χ1n) is 6.92.